The van der Waals surface area contributed by atoms with E-state index in [0.717, 1.165) is 0 Å². The van der Waals surface area contributed by atoms with Gasteiger partial charge < -0.3 is 28.2 Å². The highest BCUT2D eigenvalue weighted by Gasteiger charge is 2.26. The van der Waals surface area contributed by atoms with Crippen molar-refractivity contribution in [2.75, 3.05) is 21.3 Å². The molecule has 128 valence electrons. The van der Waals surface area contributed by atoms with E-state index >= 15 is 0 Å². The van der Waals surface area contributed by atoms with Crippen LogP contribution in [0.2, 0.25) is 0 Å². The number of methoxy groups -OCH3 is 3. The first kappa shape index (κ1) is 15.1. The topological polar surface area (TPSA) is 108 Å². The Hall–Kier alpha value is -3.42. The predicted octanol–water partition coefficient (Wildman–Crippen LogP) is 2.22. The average Bonchev–Trinajstić information content (AvgIpc) is 2.59. The van der Waals surface area contributed by atoms with E-state index in [4.69, 9.17) is 23.0 Å². The third-order valence-corrected chi connectivity index (χ3v) is 4.13. The zero-order valence-electron chi connectivity index (χ0n) is 13.5. The second-order valence-corrected chi connectivity index (χ2v) is 5.32. The van der Waals surface area contributed by atoms with Crippen molar-refractivity contribution in [3.63, 3.8) is 0 Å². The number of hydrogen-bond acceptors (Lipinski definition) is 8. The maximum Gasteiger partial charge on any atom is 0.348 e. The number of aromatic hydroxyl groups is 1. The van der Waals surface area contributed by atoms with E-state index in [1.54, 1.807) is 0 Å². The van der Waals surface area contributed by atoms with Crippen LogP contribution in [0.1, 0.15) is 0 Å². The van der Waals surface area contributed by atoms with E-state index in [9.17, 15) is 14.7 Å². The molecule has 0 radical (unpaired) electrons. The Bertz CT molecular complexity index is 1250. The van der Waals surface area contributed by atoms with Crippen LogP contribution in [-0.2, 0) is 0 Å². The number of phenolic OH excluding ortho intramolecular Hbond substituents is 1. The molecule has 25 heavy (non-hydrogen) atoms. The van der Waals surface area contributed by atoms with Crippen molar-refractivity contribution in [3.8, 4) is 23.0 Å². The first-order chi connectivity index (χ1) is 12.0. The van der Waals surface area contributed by atoms with Crippen LogP contribution in [0.3, 0.4) is 0 Å². The molecule has 2 aromatic carbocycles. The van der Waals surface area contributed by atoms with Gasteiger partial charge >= 0.3 is 11.3 Å². The third kappa shape index (κ3) is 1.81. The van der Waals surface area contributed by atoms with Crippen LogP contribution in [0, 0.1) is 0 Å². The van der Waals surface area contributed by atoms with Gasteiger partial charge in [-0.3, -0.25) is 0 Å². The first-order valence-electron chi connectivity index (χ1n) is 7.19. The molecule has 0 spiro atoms. The molecular formula is C17H12O8. The summed E-state index contributed by atoms with van der Waals surface area (Å²) in [6.45, 7) is 0. The lowest BCUT2D eigenvalue weighted by atomic mass is 10.0. The fourth-order valence-electron chi connectivity index (χ4n) is 3.15. The van der Waals surface area contributed by atoms with E-state index in [0.29, 0.717) is 10.8 Å². The van der Waals surface area contributed by atoms with Crippen LogP contribution in [0.4, 0.5) is 0 Å². The second-order valence-electron chi connectivity index (χ2n) is 5.32. The number of benzene rings is 2. The molecule has 0 unspecified atom stereocenters. The number of ether oxygens (including phenoxy) is 3. The molecule has 0 aliphatic heterocycles. The van der Waals surface area contributed by atoms with Crippen molar-refractivity contribution in [2.45, 2.75) is 0 Å². The van der Waals surface area contributed by atoms with Crippen LogP contribution >= 0.6 is 0 Å². The predicted molar refractivity (Wildman–Crippen MR) is 88.5 cm³/mol. The third-order valence-electron chi connectivity index (χ3n) is 4.13. The van der Waals surface area contributed by atoms with Crippen LogP contribution in [0.25, 0.3) is 32.7 Å². The van der Waals surface area contributed by atoms with E-state index in [1.165, 1.54) is 33.5 Å². The molecule has 0 aliphatic rings. The van der Waals surface area contributed by atoms with Crippen LogP contribution in [-0.4, -0.2) is 26.4 Å². The lowest BCUT2D eigenvalue weighted by molar-refractivity contribution is 0.357. The van der Waals surface area contributed by atoms with Gasteiger partial charge in [-0.2, -0.15) is 0 Å². The lowest BCUT2D eigenvalue weighted by Crippen LogP contribution is -2.09. The molecule has 2 heterocycles. The van der Waals surface area contributed by atoms with Crippen molar-refractivity contribution in [1.82, 2.24) is 0 Å². The summed E-state index contributed by atoms with van der Waals surface area (Å²) in [7, 11) is 4.10. The zero-order valence-corrected chi connectivity index (χ0v) is 13.5. The van der Waals surface area contributed by atoms with Crippen molar-refractivity contribution in [1.29, 1.82) is 0 Å². The largest absolute Gasteiger partial charge is 0.504 e. The summed E-state index contributed by atoms with van der Waals surface area (Å²) in [5, 5.41) is 10.8. The smallest absolute Gasteiger partial charge is 0.348 e. The summed E-state index contributed by atoms with van der Waals surface area (Å²) >= 11 is 0. The molecule has 0 bridgehead atoms. The molecular weight excluding hydrogens is 332 g/mol. The Labute approximate surface area is 139 Å². The summed E-state index contributed by atoms with van der Waals surface area (Å²) in [5.41, 5.74) is -1.28. The van der Waals surface area contributed by atoms with Gasteiger partial charge in [0, 0.05) is 22.9 Å². The van der Waals surface area contributed by atoms with Gasteiger partial charge in [-0.05, 0) is 0 Å². The quantitative estimate of drug-likeness (QED) is 0.445. The van der Waals surface area contributed by atoms with Gasteiger partial charge in [0.2, 0.25) is 0 Å². The standard InChI is InChI=1S/C17H12O8/c1-21-9-5-8-11-10-7(24-17(20)13(11)15(9)23-3)4-6(18)14(22-2)12(10)16(19)25-8/h4-5,18H,1-3H3. The number of rotatable bonds is 3. The molecule has 0 saturated carbocycles. The zero-order chi connectivity index (χ0) is 17.9. The molecule has 0 aliphatic carbocycles. The molecule has 1 N–H and O–H groups in total. The fraction of sp³-hybridized carbons (Fsp3) is 0.176. The molecule has 0 fully saturated rings. The van der Waals surface area contributed by atoms with Gasteiger partial charge in [-0.25, -0.2) is 9.59 Å². The van der Waals surface area contributed by atoms with Crippen LogP contribution in [0.5, 0.6) is 23.0 Å². The van der Waals surface area contributed by atoms with Gasteiger partial charge in [0.25, 0.3) is 0 Å². The van der Waals surface area contributed by atoms with E-state index in [-0.39, 0.29) is 44.9 Å². The van der Waals surface area contributed by atoms with E-state index in [2.05, 4.69) is 0 Å². The highest BCUT2D eigenvalue weighted by Crippen LogP contribution is 2.44. The molecule has 2 aromatic heterocycles. The Morgan fingerprint density at radius 1 is 0.760 bits per heavy atom. The summed E-state index contributed by atoms with van der Waals surface area (Å²) in [6.07, 6.45) is 0. The summed E-state index contributed by atoms with van der Waals surface area (Å²) in [6, 6.07) is 2.68. The molecule has 4 rings (SSSR count). The molecule has 8 heteroatoms. The summed E-state index contributed by atoms with van der Waals surface area (Å²) in [4.78, 5) is 25.0. The maximum absolute atomic E-state index is 12.5. The van der Waals surface area contributed by atoms with Crippen LogP contribution < -0.4 is 25.5 Å². The maximum atomic E-state index is 12.5. The van der Waals surface area contributed by atoms with Crippen molar-refractivity contribution in [2.24, 2.45) is 0 Å². The van der Waals surface area contributed by atoms with Crippen molar-refractivity contribution < 1.29 is 28.2 Å². The normalized spacial score (nSPS) is 11.5. The minimum absolute atomic E-state index is 0.0223. The Balaban J connectivity index is 2.45. The summed E-state index contributed by atoms with van der Waals surface area (Å²) in [5.74, 6) is -0.0204. The molecule has 8 nitrogen and oxygen atoms in total. The van der Waals surface area contributed by atoms with Gasteiger partial charge in [-0.1, -0.05) is 0 Å². The SMILES string of the molecule is COc1cc2oc(=O)c3c(OC)c(O)cc4oc(=O)c(c1OC)c2c43. The van der Waals surface area contributed by atoms with Crippen LogP contribution in [0.15, 0.2) is 30.6 Å². The highest BCUT2D eigenvalue weighted by atomic mass is 16.5. The lowest BCUT2D eigenvalue weighted by Gasteiger charge is -2.15. The molecule has 4 aromatic rings. The second kappa shape index (κ2) is 5.04. The summed E-state index contributed by atoms with van der Waals surface area (Å²) < 4.78 is 26.3. The Kier molecular flexibility index (Phi) is 3.05. The fourth-order valence-corrected chi connectivity index (χ4v) is 3.15. The Morgan fingerprint density at radius 3 is 1.80 bits per heavy atom. The number of phenols is 1. The van der Waals surface area contributed by atoms with Crippen molar-refractivity contribution in [3.05, 3.63) is 33.0 Å². The van der Waals surface area contributed by atoms with E-state index in [1.807, 2.05) is 0 Å². The minimum Gasteiger partial charge on any atom is -0.504 e. The van der Waals surface area contributed by atoms with Gasteiger partial charge in [0.1, 0.15) is 21.9 Å². The van der Waals surface area contributed by atoms with E-state index < -0.39 is 11.3 Å². The molecule has 0 saturated heterocycles. The van der Waals surface area contributed by atoms with Crippen molar-refractivity contribution >= 4 is 32.7 Å². The van der Waals surface area contributed by atoms with Gasteiger partial charge in [0.15, 0.2) is 23.0 Å². The average molecular weight is 344 g/mol. The molecule has 0 amide bonds. The Morgan fingerprint density at radius 2 is 1.28 bits per heavy atom. The molecule has 0 atom stereocenters. The van der Waals surface area contributed by atoms with Gasteiger partial charge in [0.05, 0.1) is 21.3 Å². The van der Waals surface area contributed by atoms with Gasteiger partial charge in [-0.15, -0.1) is 0 Å². The monoisotopic (exact) mass is 344 g/mol. The first-order valence-corrected chi connectivity index (χ1v) is 7.19. The number of hydrogen-bond donors (Lipinski definition) is 1. The highest BCUT2D eigenvalue weighted by molar-refractivity contribution is 6.22. The minimum atomic E-state index is -0.743.